The lowest BCUT2D eigenvalue weighted by Gasteiger charge is -2.08. The summed E-state index contributed by atoms with van der Waals surface area (Å²) in [7, 11) is -2.81. The van der Waals surface area contributed by atoms with Crippen LogP contribution in [0.15, 0.2) is 53.7 Å². The highest BCUT2D eigenvalue weighted by Crippen LogP contribution is 2.14. The third-order valence-electron chi connectivity index (χ3n) is 2.85. The van der Waals surface area contributed by atoms with Gasteiger partial charge in [-0.15, -0.1) is 0 Å². The van der Waals surface area contributed by atoms with E-state index in [1.165, 1.54) is 49.7 Å². The molecule has 0 fully saturated rings. The van der Waals surface area contributed by atoms with Crippen molar-refractivity contribution in [3.05, 3.63) is 54.4 Å². The molecule has 0 aliphatic heterocycles. The Kier molecular flexibility index (Phi) is 5.48. The zero-order valence-corrected chi connectivity index (χ0v) is 13.4. The van der Waals surface area contributed by atoms with Gasteiger partial charge in [-0.1, -0.05) is 6.07 Å². The Labute approximate surface area is 138 Å². The lowest BCUT2D eigenvalue weighted by molar-refractivity contribution is -0.142. The van der Waals surface area contributed by atoms with Gasteiger partial charge in [0, 0.05) is 18.0 Å². The minimum atomic E-state index is -4.03. The number of methoxy groups -OCH3 is 1. The summed E-state index contributed by atoms with van der Waals surface area (Å²) in [5.74, 6) is -1.18. The monoisotopic (exact) mass is 350 g/mol. The number of benzene rings is 1. The van der Waals surface area contributed by atoms with Gasteiger partial charge in [-0.2, -0.15) is 0 Å². The van der Waals surface area contributed by atoms with Crippen LogP contribution in [0.25, 0.3) is 0 Å². The minimum Gasteiger partial charge on any atom is -0.482 e. The number of carbonyl (C=O) groups is 2. The van der Waals surface area contributed by atoms with Gasteiger partial charge in [0.05, 0.1) is 7.11 Å². The standard InChI is InChI=1S/C15H14N2O6S/c1-22-14(18)10-23-12-5-2-4-11(8-12)15(19)17-24(20,21)13-6-3-7-16-9-13/h2-9H,10H2,1H3,(H,17,19). The number of sulfonamides is 1. The van der Waals surface area contributed by atoms with E-state index in [1.807, 2.05) is 4.72 Å². The first-order valence-electron chi connectivity index (χ1n) is 6.69. The Morgan fingerprint density at radius 2 is 2.00 bits per heavy atom. The van der Waals surface area contributed by atoms with Crippen molar-refractivity contribution in [3.8, 4) is 5.75 Å². The summed E-state index contributed by atoms with van der Waals surface area (Å²) < 4.78 is 35.7. The van der Waals surface area contributed by atoms with Gasteiger partial charge in [-0.25, -0.2) is 17.9 Å². The number of aromatic nitrogens is 1. The highest BCUT2D eigenvalue weighted by Gasteiger charge is 2.19. The average molecular weight is 350 g/mol. The van der Waals surface area contributed by atoms with E-state index in [-0.39, 0.29) is 22.8 Å². The SMILES string of the molecule is COC(=O)COc1cccc(C(=O)NS(=O)(=O)c2cccnc2)c1. The van der Waals surface area contributed by atoms with Crippen molar-refractivity contribution in [1.82, 2.24) is 9.71 Å². The van der Waals surface area contributed by atoms with Crippen LogP contribution in [-0.2, 0) is 19.6 Å². The summed E-state index contributed by atoms with van der Waals surface area (Å²) in [6.07, 6.45) is 2.55. The van der Waals surface area contributed by atoms with Crippen molar-refractivity contribution >= 4 is 21.9 Å². The van der Waals surface area contributed by atoms with Gasteiger partial charge in [0.1, 0.15) is 10.6 Å². The normalized spacial score (nSPS) is 10.7. The number of ether oxygens (including phenoxy) is 2. The second-order valence-corrected chi connectivity index (χ2v) is 6.20. The van der Waals surface area contributed by atoms with Crippen LogP contribution in [0.2, 0.25) is 0 Å². The van der Waals surface area contributed by atoms with E-state index in [2.05, 4.69) is 9.72 Å². The van der Waals surface area contributed by atoms with E-state index in [1.54, 1.807) is 0 Å². The Morgan fingerprint density at radius 3 is 2.67 bits per heavy atom. The van der Waals surface area contributed by atoms with Gasteiger partial charge in [0.15, 0.2) is 6.61 Å². The van der Waals surface area contributed by atoms with E-state index in [0.29, 0.717) is 0 Å². The smallest absolute Gasteiger partial charge is 0.343 e. The molecule has 1 aromatic heterocycles. The maximum atomic E-state index is 12.1. The predicted molar refractivity (Wildman–Crippen MR) is 82.8 cm³/mol. The van der Waals surface area contributed by atoms with Crippen LogP contribution >= 0.6 is 0 Å². The number of hydrogen-bond donors (Lipinski definition) is 1. The second kappa shape index (κ2) is 7.55. The van der Waals surface area contributed by atoms with Crippen molar-refractivity contribution in [3.63, 3.8) is 0 Å². The van der Waals surface area contributed by atoms with Crippen LogP contribution in [0, 0.1) is 0 Å². The van der Waals surface area contributed by atoms with Crippen LogP contribution < -0.4 is 9.46 Å². The van der Waals surface area contributed by atoms with Crippen molar-refractivity contribution in [1.29, 1.82) is 0 Å². The molecule has 0 aliphatic rings. The predicted octanol–water partition coefficient (Wildman–Crippen LogP) is 0.752. The van der Waals surface area contributed by atoms with Gasteiger partial charge < -0.3 is 9.47 Å². The first-order chi connectivity index (χ1) is 11.4. The molecule has 2 aromatic rings. The molecule has 1 N–H and O–H groups in total. The fourth-order valence-electron chi connectivity index (χ4n) is 1.67. The molecular weight excluding hydrogens is 336 g/mol. The Hall–Kier alpha value is -2.94. The van der Waals surface area contributed by atoms with Crippen molar-refractivity contribution in [2.75, 3.05) is 13.7 Å². The van der Waals surface area contributed by atoms with Crippen molar-refractivity contribution in [2.24, 2.45) is 0 Å². The highest BCUT2D eigenvalue weighted by molar-refractivity contribution is 7.90. The molecule has 1 aromatic carbocycles. The summed E-state index contributed by atoms with van der Waals surface area (Å²) in [6, 6.07) is 8.52. The molecule has 0 radical (unpaired) electrons. The number of esters is 1. The summed E-state index contributed by atoms with van der Waals surface area (Å²) in [5, 5.41) is 0. The summed E-state index contributed by atoms with van der Waals surface area (Å²) >= 11 is 0. The molecule has 2 rings (SSSR count). The fraction of sp³-hybridized carbons (Fsp3) is 0.133. The lowest BCUT2D eigenvalue weighted by Crippen LogP contribution is -2.30. The maximum absolute atomic E-state index is 12.1. The first kappa shape index (κ1) is 17.4. The van der Waals surface area contributed by atoms with E-state index < -0.39 is 21.9 Å². The molecule has 0 aliphatic carbocycles. The first-order valence-corrected chi connectivity index (χ1v) is 8.17. The molecule has 9 heteroatoms. The van der Waals surface area contributed by atoms with Crippen LogP contribution in [0.3, 0.4) is 0 Å². The van der Waals surface area contributed by atoms with Gasteiger partial charge in [0.25, 0.3) is 15.9 Å². The molecule has 0 spiro atoms. The zero-order valence-electron chi connectivity index (χ0n) is 12.6. The molecule has 24 heavy (non-hydrogen) atoms. The molecule has 0 atom stereocenters. The highest BCUT2D eigenvalue weighted by atomic mass is 32.2. The van der Waals surface area contributed by atoms with Crippen LogP contribution in [0.4, 0.5) is 0 Å². The van der Waals surface area contributed by atoms with Gasteiger partial charge >= 0.3 is 5.97 Å². The van der Waals surface area contributed by atoms with Crippen molar-refractivity contribution in [2.45, 2.75) is 4.90 Å². The third kappa shape index (κ3) is 4.53. The number of nitrogens with one attached hydrogen (secondary N) is 1. The molecule has 0 saturated carbocycles. The third-order valence-corrected chi connectivity index (χ3v) is 4.17. The molecule has 1 amide bonds. The topological polar surface area (TPSA) is 112 Å². The fourth-order valence-corrected chi connectivity index (χ4v) is 2.61. The molecule has 0 saturated heterocycles. The molecule has 1 heterocycles. The van der Waals surface area contributed by atoms with Crippen molar-refractivity contribution < 1.29 is 27.5 Å². The van der Waals surface area contributed by atoms with E-state index in [9.17, 15) is 18.0 Å². The average Bonchev–Trinajstić information content (AvgIpc) is 2.60. The zero-order chi connectivity index (χ0) is 17.6. The van der Waals surface area contributed by atoms with E-state index in [4.69, 9.17) is 4.74 Å². The summed E-state index contributed by atoms with van der Waals surface area (Å²) in [6.45, 7) is -0.324. The summed E-state index contributed by atoms with van der Waals surface area (Å²) in [4.78, 5) is 26.7. The van der Waals surface area contributed by atoms with Gasteiger partial charge in [-0.3, -0.25) is 9.78 Å². The largest absolute Gasteiger partial charge is 0.482 e. The summed E-state index contributed by atoms with van der Waals surface area (Å²) in [5.41, 5.74) is 0.0600. The number of pyridine rings is 1. The number of carbonyl (C=O) groups excluding carboxylic acids is 2. The molecule has 0 unspecified atom stereocenters. The van der Waals surface area contributed by atoms with Crippen LogP contribution in [0.5, 0.6) is 5.75 Å². The number of amides is 1. The van der Waals surface area contributed by atoms with Gasteiger partial charge in [-0.05, 0) is 30.3 Å². The molecule has 0 bridgehead atoms. The van der Waals surface area contributed by atoms with Crippen LogP contribution in [0.1, 0.15) is 10.4 Å². The Morgan fingerprint density at radius 1 is 1.21 bits per heavy atom. The van der Waals surface area contributed by atoms with Gasteiger partial charge in [0.2, 0.25) is 0 Å². The molecule has 8 nitrogen and oxygen atoms in total. The van der Waals surface area contributed by atoms with E-state index in [0.717, 1.165) is 6.20 Å². The molecule has 126 valence electrons. The van der Waals surface area contributed by atoms with E-state index >= 15 is 0 Å². The number of nitrogens with zero attached hydrogens (tertiary/aromatic N) is 1. The molecular formula is C15H14N2O6S. The maximum Gasteiger partial charge on any atom is 0.343 e. The Bertz CT molecular complexity index is 836. The number of rotatable bonds is 6. The van der Waals surface area contributed by atoms with Crippen LogP contribution in [-0.4, -0.2) is 39.0 Å². The number of hydrogen-bond acceptors (Lipinski definition) is 7. The lowest BCUT2D eigenvalue weighted by atomic mass is 10.2. The minimum absolute atomic E-state index is 0.0600. The second-order valence-electron chi connectivity index (χ2n) is 4.52. The quantitative estimate of drug-likeness (QED) is 0.765. The Balaban J connectivity index is 2.11.